The summed E-state index contributed by atoms with van der Waals surface area (Å²) in [7, 11) is 0. The van der Waals surface area contributed by atoms with Crippen molar-refractivity contribution >= 4 is 12.0 Å². The number of nitrogens with zero attached hydrogens (tertiary/aromatic N) is 1. The van der Waals surface area contributed by atoms with Crippen molar-refractivity contribution in [3.63, 3.8) is 0 Å². The van der Waals surface area contributed by atoms with Gasteiger partial charge in [-0.25, -0.2) is 13.6 Å². The molecule has 0 aliphatic carbocycles. The van der Waals surface area contributed by atoms with Gasteiger partial charge in [0.2, 0.25) is 5.91 Å². The normalized spacial score (nSPS) is 12.0. The molecule has 124 valence electrons. The van der Waals surface area contributed by atoms with E-state index >= 15 is 0 Å². The molecule has 0 heterocycles. The first-order chi connectivity index (χ1) is 10.7. The zero-order valence-corrected chi connectivity index (χ0v) is 12.9. The van der Waals surface area contributed by atoms with Gasteiger partial charge in [-0.05, 0) is 32.9 Å². The van der Waals surface area contributed by atoms with Crippen molar-refractivity contribution in [2.45, 2.75) is 32.4 Å². The zero-order valence-electron chi connectivity index (χ0n) is 12.9. The van der Waals surface area contributed by atoms with Crippen LogP contribution in [0.4, 0.5) is 13.6 Å². The average molecular weight is 325 g/mol. The van der Waals surface area contributed by atoms with E-state index in [1.165, 1.54) is 0 Å². The molecular formula is C15H17F2N3O3. The van der Waals surface area contributed by atoms with Gasteiger partial charge in [0, 0.05) is 0 Å². The highest BCUT2D eigenvalue weighted by atomic mass is 19.1. The van der Waals surface area contributed by atoms with E-state index in [1.54, 1.807) is 26.8 Å². The molecule has 2 N–H and O–H groups in total. The number of benzene rings is 1. The Balaban J connectivity index is 3.10. The maximum Gasteiger partial charge on any atom is 0.408 e. The van der Waals surface area contributed by atoms with E-state index in [-0.39, 0.29) is 6.54 Å². The fourth-order valence-corrected chi connectivity index (χ4v) is 1.71. The van der Waals surface area contributed by atoms with Crippen LogP contribution in [0.1, 0.15) is 32.4 Å². The van der Waals surface area contributed by atoms with Crippen molar-refractivity contribution in [1.82, 2.24) is 10.6 Å². The third-order valence-electron chi connectivity index (χ3n) is 2.55. The minimum absolute atomic E-state index is 0.374. The Labute approximate surface area is 132 Å². The number of alkyl carbamates (subject to hydrolysis) is 1. The molecule has 0 aliphatic heterocycles. The van der Waals surface area contributed by atoms with E-state index < -0.39 is 40.8 Å². The molecule has 2 amide bonds. The summed E-state index contributed by atoms with van der Waals surface area (Å²) < 4.78 is 32.8. The number of halogens is 2. The van der Waals surface area contributed by atoms with E-state index in [9.17, 15) is 18.4 Å². The summed E-state index contributed by atoms with van der Waals surface area (Å²) in [5, 5.41) is 12.8. The standard InChI is InChI=1S/C15H17F2N3O3/c1-15(2,3)23-14(22)20-12(13(21)19-8-7-18)11-9(16)5-4-6-10(11)17/h4-6,12H,8H2,1-3H3,(H,19,21)(H,20,22)/t12-/m1/s1. The molecule has 0 bridgehead atoms. The molecule has 0 aliphatic rings. The number of nitrogens with one attached hydrogen (secondary N) is 2. The molecule has 0 saturated heterocycles. The van der Waals surface area contributed by atoms with Crippen LogP contribution in [0.5, 0.6) is 0 Å². The molecule has 23 heavy (non-hydrogen) atoms. The van der Waals surface area contributed by atoms with Gasteiger partial charge in [0.05, 0.1) is 11.6 Å². The lowest BCUT2D eigenvalue weighted by atomic mass is 10.0. The van der Waals surface area contributed by atoms with Crippen molar-refractivity contribution in [2.75, 3.05) is 6.54 Å². The third-order valence-corrected chi connectivity index (χ3v) is 2.55. The van der Waals surface area contributed by atoms with Crippen LogP contribution < -0.4 is 10.6 Å². The van der Waals surface area contributed by atoms with Crippen molar-refractivity contribution in [3.05, 3.63) is 35.4 Å². The molecule has 0 fully saturated rings. The highest BCUT2D eigenvalue weighted by Crippen LogP contribution is 2.21. The largest absolute Gasteiger partial charge is 0.444 e. The number of amides is 2. The first-order valence-electron chi connectivity index (χ1n) is 6.74. The fraction of sp³-hybridized carbons (Fsp3) is 0.400. The first-order valence-corrected chi connectivity index (χ1v) is 6.74. The molecule has 6 nitrogen and oxygen atoms in total. The predicted molar refractivity (Wildman–Crippen MR) is 77.1 cm³/mol. The van der Waals surface area contributed by atoms with Gasteiger partial charge < -0.3 is 15.4 Å². The molecule has 1 atom stereocenters. The van der Waals surface area contributed by atoms with Gasteiger partial charge in [-0.3, -0.25) is 4.79 Å². The van der Waals surface area contributed by atoms with E-state index in [1.807, 2.05) is 0 Å². The van der Waals surface area contributed by atoms with E-state index in [2.05, 4.69) is 10.6 Å². The Bertz CT molecular complexity index is 616. The Hall–Kier alpha value is -2.69. The molecule has 0 unspecified atom stereocenters. The van der Waals surface area contributed by atoms with Crippen molar-refractivity contribution in [1.29, 1.82) is 5.26 Å². The van der Waals surface area contributed by atoms with Gasteiger partial charge in [0.15, 0.2) is 0 Å². The van der Waals surface area contributed by atoms with Gasteiger partial charge in [-0.2, -0.15) is 5.26 Å². The zero-order chi connectivity index (χ0) is 17.6. The van der Waals surface area contributed by atoms with Crippen molar-refractivity contribution in [2.24, 2.45) is 0 Å². The second kappa shape index (κ2) is 7.54. The summed E-state index contributed by atoms with van der Waals surface area (Å²) in [6.07, 6.45) is -1.02. The Kier molecular flexibility index (Phi) is 6.02. The topological polar surface area (TPSA) is 91.2 Å². The summed E-state index contributed by atoms with van der Waals surface area (Å²) in [5.74, 6) is -2.93. The number of rotatable bonds is 4. The Morgan fingerprint density at radius 1 is 1.30 bits per heavy atom. The average Bonchev–Trinajstić information content (AvgIpc) is 2.41. The van der Waals surface area contributed by atoms with Crippen LogP contribution in [0, 0.1) is 23.0 Å². The first kappa shape index (κ1) is 18.4. The Morgan fingerprint density at radius 2 is 1.87 bits per heavy atom. The van der Waals surface area contributed by atoms with Gasteiger partial charge in [-0.1, -0.05) is 6.07 Å². The number of carbonyl (C=O) groups is 2. The number of hydrogen-bond acceptors (Lipinski definition) is 4. The van der Waals surface area contributed by atoms with Crippen LogP contribution in [0.2, 0.25) is 0 Å². The lowest BCUT2D eigenvalue weighted by Crippen LogP contribution is -2.43. The minimum atomic E-state index is -1.67. The number of nitriles is 1. The molecule has 0 saturated carbocycles. The van der Waals surface area contributed by atoms with Gasteiger partial charge in [0.25, 0.3) is 0 Å². The second-order valence-corrected chi connectivity index (χ2v) is 5.59. The summed E-state index contributed by atoms with van der Waals surface area (Å²) in [5.41, 5.74) is -1.49. The maximum absolute atomic E-state index is 13.9. The number of carbonyl (C=O) groups excluding carboxylic acids is 2. The molecular weight excluding hydrogens is 308 g/mol. The van der Waals surface area contributed by atoms with Gasteiger partial charge in [-0.15, -0.1) is 0 Å². The van der Waals surface area contributed by atoms with Gasteiger partial charge in [0.1, 0.15) is 29.8 Å². The summed E-state index contributed by atoms with van der Waals surface area (Å²) in [6, 6.07) is 3.04. The highest BCUT2D eigenvalue weighted by Gasteiger charge is 2.30. The monoisotopic (exact) mass is 325 g/mol. The van der Waals surface area contributed by atoms with Gasteiger partial charge >= 0.3 is 6.09 Å². The lowest BCUT2D eigenvalue weighted by Gasteiger charge is -2.23. The molecule has 0 radical (unpaired) electrons. The number of hydrogen-bond donors (Lipinski definition) is 2. The third kappa shape index (κ3) is 5.54. The summed E-state index contributed by atoms with van der Waals surface area (Å²) in [6.45, 7) is 4.42. The van der Waals surface area contributed by atoms with Crippen molar-refractivity contribution < 1.29 is 23.1 Å². The molecule has 1 rings (SSSR count). The van der Waals surface area contributed by atoms with Crippen molar-refractivity contribution in [3.8, 4) is 6.07 Å². The summed E-state index contributed by atoms with van der Waals surface area (Å²) in [4.78, 5) is 23.9. The molecule has 0 aromatic heterocycles. The summed E-state index contributed by atoms with van der Waals surface area (Å²) >= 11 is 0. The maximum atomic E-state index is 13.9. The van der Waals surface area contributed by atoms with Crippen LogP contribution in [-0.4, -0.2) is 24.1 Å². The van der Waals surface area contributed by atoms with E-state index in [0.29, 0.717) is 0 Å². The van der Waals surface area contributed by atoms with Crippen LogP contribution in [0.25, 0.3) is 0 Å². The Morgan fingerprint density at radius 3 is 2.35 bits per heavy atom. The lowest BCUT2D eigenvalue weighted by molar-refractivity contribution is -0.123. The molecule has 8 heteroatoms. The van der Waals surface area contributed by atoms with E-state index in [4.69, 9.17) is 10.00 Å². The smallest absolute Gasteiger partial charge is 0.408 e. The fourth-order valence-electron chi connectivity index (χ4n) is 1.71. The predicted octanol–water partition coefficient (Wildman–Crippen LogP) is 2.17. The van der Waals surface area contributed by atoms with Crippen LogP contribution >= 0.6 is 0 Å². The van der Waals surface area contributed by atoms with Crippen LogP contribution in [0.15, 0.2) is 18.2 Å². The van der Waals surface area contributed by atoms with Crippen LogP contribution in [-0.2, 0) is 9.53 Å². The minimum Gasteiger partial charge on any atom is -0.444 e. The van der Waals surface area contributed by atoms with Crippen LogP contribution in [0.3, 0.4) is 0 Å². The van der Waals surface area contributed by atoms with E-state index in [0.717, 1.165) is 18.2 Å². The SMILES string of the molecule is CC(C)(C)OC(=O)N[C@@H](C(=O)NCC#N)c1c(F)cccc1F. The highest BCUT2D eigenvalue weighted by molar-refractivity contribution is 5.87. The molecule has 1 aromatic carbocycles. The molecule has 0 spiro atoms. The number of ether oxygens (including phenoxy) is 1. The second-order valence-electron chi connectivity index (χ2n) is 5.59. The molecule has 1 aromatic rings. The quantitative estimate of drug-likeness (QED) is 0.830.